The van der Waals surface area contributed by atoms with Crippen LogP contribution in [0.15, 0.2) is 24.3 Å². The maximum Gasteiger partial charge on any atom is 0.239 e. The van der Waals surface area contributed by atoms with Crippen molar-refractivity contribution in [3.8, 4) is 5.75 Å². The summed E-state index contributed by atoms with van der Waals surface area (Å²) in [5.41, 5.74) is 6.23. The van der Waals surface area contributed by atoms with Gasteiger partial charge in [-0.15, -0.1) is 12.4 Å². The fourth-order valence-corrected chi connectivity index (χ4v) is 3.29. The normalized spacial score (nSPS) is 20.8. The van der Waals surface area contributed by atoms with Gasteiger partial charge in [0.05, 0.1) is 12.6 Å². The number of hydrogen-bond donors (Lipinski definition) is 1. The molecule has 7 heteroatoms. The number of nitrogens with zero attached hydrogens (tertiary/aromatic N) is 2. The molecule has 0 radical (unpaired) electrons. The van der Waals surface area contributed by atoms with E-state index in [0.717, 1.165) is 25.3 Å². The van der Waals surface area contributed by atoms with Gasteiger partial charge in [0.2, 0.25) is 5.91 Å². The highest BCUT2D eigenvalue weighted by Crippen LogP contribution is 2.29. The largest absolute Gasteiger partial charge is 0.492 e. The lowest BCUT2D eigenvalue weighted by atomic mass is 9.79. The van der Waals surface area contributed by atoms with Crippen LogP contribution in [0.2, 0.25) is 5.02 Å². The Morgan fingerprint density at radius 1 is 1.42 bits per heavy atom. The molecule has 0 spiro atoms. The summed E-state index contributed by atoms with van der Waals surface area (Å²) >= 11 is 5.85. The number of amides is 1. The predicted molar refractivity (Wildman–Crippen MR) is 109 cm³/mol. The van der Waals surface area contributed by atoms with Gasteiger partial charge in [0.1, 0.15) is 12.4 Å². The number of halogens is 2. The zero-order chi connectivity index (χ0) is 18.6. The van der Waals surface area contributed by atoms with Crippen molar-refractivity contribution in [3.05, 3.63) is 29.3 Å². The van der Waals surface area contributed by atoms with E-state index in [1.165, 1.54) is 0 Å². The van der Waals surface area contributed by atoms with Crippen LogP contribution >= 0.6 is 24.0 Å². The number of carbonyl (C=O) groups excluding carboxylic acids is 1. The first-order chi connectivity index (χ1) is 11.7. The lowest BCUT2D eigenvalue weighted by Gasteiger charge is -2.45. The molecule has 0 saturated carbocycles. The molecule has 1 heterocycles. The highest BCUT2D eigenvalue weighted by molar-refractivity contribution is 6.30. The lowest BCUT2D eigenvalue weighted by Crippen LogP contribution is -2.57. The van der Waals surface area contributed by atoms with E-state index in [4.69, 9.17) is 22.1 Å². The van der Waals surface area contributed by atoms with E-state index < -0.39 is 0 Å². The van der Waals surface area contributed by atoms with Crippen LogP contribution in [0.5, 0.6) is 5.75 Å². The van der Waals surface area contributed by atoms with Gasteiger partial charge in [-0.25, -0.2) is 0 Å². The van der Waals surface area contributed by atoms with Crippen LogP contribution in [-0.4, -0.2) is 61.1 Å². The molecular weight excluding hydrogens is 373 g/mol. The van der Waals surface area contributed by atoms with Crippen LogP contribution in [0, 0.1) is 5.41 Å². The minimum atomic E-state index is -0.146. The molecule has 1 aromatic rings. The van der Waals surface area contributed by atoms with Gasteiger partial charge >= 0.3 is 0 Å². The van der Waals surface area contributed by atoms with E-state index in [9.17, 15) is 4.79 Å². The van der Waals surface area contributed by atoms with Crippen LogP contribution in [0.3, 0.4) is 0 Å². The molecule has 26 heavy (non-hydrogen) atoms. The maximum absolute atomic E-state index is 12.7. The Bertz CT molecular complexity index is 581. The first-order valence-corrected chi connectivity index (χ1v) is 9.21. The summed E-state index contributed by atoms with van der Waals surface area (Å²) in [5.74, 6) is 0.871. The molecule has 0 aromatic heterocycles. The molecule has 1 aliphatic rings. The maximum atomic E-state index is 12.7. The van der Waals surface area contributed by atoms with Gasteiger partial charge < -0.3 is 15.4 Å². The summed E-state index contributed by atoms with van der Waals surface area (Å²) in [4.78, 5) is 16.7. The number of piperidine rings is 1. The van der Waals surface area contributed by atoms with E-state index in [-0.39, 0.29) is 35.8 Å². The van der Waals surface area contributed by atoms with Gasteiger partial charge in [-0.05, 0) is 43.0 Å². The van der Waals surface area contributed by atoms with E-state index in [1.54, 1.807) is 17.0 Å². The van der Waals surface area contributed by atoms with E-state index in [0.29, 0.717) is 18.2 Å². The summed E-state index contributed by atoms with van der Waals surface area (Å²) in [6, 6.07) is 7.27. The zero-order valence-corrected chi connectivity index (χ0v) is 17.6. The van der Waals surface area contributed by atoms with Crippen molar-refractivity contribution in [3.63, 3.8) is 0 Å². The number of rotatable bonds is 6. The van der Waals surface area contributed by atoms with E-state index in [1.807, 2.05) is 26.1 Å². The number of ether oxygens (including phenoxy) is 1. The molecule has 1 aromatic carbocycles. The van der Waals surface area contributed by atoms with Crippen LogP contribution in [0.25, 0.3) is 0 Å². The number of hydrogen-bond acceptors (Lipinski definition) is 4. The van der Waals surface area contributed by atoms with Crippen LogP contribution in [0.1, 0.15) is 27.2 Å². The summed E-state index contributed by atoms with van der Waals surface area (Å²) in [6.07, 6.45) is 0.925. The molecule has 2 N–H and O–H groups in total. The lowest BCUT2D eigenvalue weighted by molar-refractivity contribution is -0.136. The molecule has 0 aliphatic carbocycles. The smallest absolute Gasteiger partial charge is 0.239 e. The molecule has 1 saturated heterocycles. The molecule has 0 bridgehead atoms. The minimum Gasteiger partial charge on any atom is -0.492 e. The molecule has 148 valence electrons. The summed E-state index contributed by atoms with van der Waals surface area (Å²) in [5, 5.41) is 0.678. The highest BCUT2D eigenvalue weighted by atomic mass is 35.5. The molecule has 1 aliphatic heterocycles. The summed E-state index contributed by atoms with van der Waals surface area (Å²) < 4.78 is 5.67. The van der Waals surface area contributed by atoms with Crippen molar-refractivity contribution in [2.45, 2.75) is 39.3 Å². The standard InChI is InChI=1S/C19H30ClN3O2.ClH/c1-14(23-10-9-17(21)19(2,3)13-23)18(24)22(4)11-12-25-16-7-5-15(20)6-8-16;/h5-8,14,17H,9-13,21H2,1-4H3;1H. The molecule has 1 fully saturated rings. The average molecular weight is 404 g/mol. The van der Waals surface area contributed by atoms with Crippen molar-refractivity contribution in [1.82, 2.24) is 9.80 Å². The fourth-order valence-electron chi connectivity index (χ4n) is 3.16. The number of carbonyl (C=O) groups is 1. The van der Waals surface area contributed by atoms with Gasteiger partial charge in [-0.1, -0.05) is 25.4 Å². The zero-order valence-electron chi connectivity index (χ0n) is 16.1. The SMILES string of the molecule is CC(C(=O)N(C)CCOc1ccc(Cl)cc1)N1CCC(N)C(C)(C)C1.Cl. The molecule has 5 nitrogen and oxygen atoms in total. The van der Waals surface area contributed by atoms with E-state index in [2.05, 4.69) is 18.7 Å². The minimum absolute atomic E-state index is 0. The van der Waals surface area contributed by atoms with Crippen molar-refractivity contribution < 1.29 is 9.53 Å². The second kappa shape index (κ2) is 9.79. The Labute approximate surface area is 168 Å². The summed E-state index contributed by atoms with van der Waals surface area (Å²) in [7, 11) is 1.82. The van der Waals surface area contributed by atoms with E-state index >= 15 is 0 Å². The van der Waals surface area contributed by atoms with Crippen molar-refractivity contribution in [2.24, 2.45) is 11.1 Å². The number of benzene rings is 1. The molecule has 2 atom stereocenters. The number of nitrogens with two attached hydrogens (primary N) is 1. The molecule has 1 amide bonds. The number of likely N-dealkylation sites (N-methyl/N-ethyl adjacent to an activating group) is 1. The predicted octanol–water partition coefficient (Wildman–Crippen LogP) is 3.05. The Morgan fingerprint density at radius 3 is 2.62 bits per heavy atom. The third kappa shape index (κ3) is 6.02. The average Bonchev–Trinajstić information content (AvgIpc) is 2.57. The first kappa shape index (κ1) is 23.0. The van der Waals surface area contributed by atoms with Gasteiger partial charge in [0.15, 0.2) is 0 Å². The second-order valence-corrected chi connectivity index (χ2v) is 8.03. The van der Waals surface area contributed by atoms with Crippen LogP contribution < -0.4 is 10.5 Å². The van der Waals surface area contributed by atoms with Gasteiger partial charge in [-0.2, -0.15) is 0 Å². The quantitative estimate of drug-likeness (QED) is 0.792. The monoisotopic (exact) mass is 403 g/mol. The van der Waals surface area contributed by atoms with Crippen molar-refractivity contribution in [2.75, 3.05) is 33.3 Å². The number of likely N-dealkylation sites (tertiary alicyclic amines) is 1. The highest BCUT2D eigenvalue weighted by Gasteiger charge is 2.37. The topological polar surface area (TPSA) is 58.8 Å². The summed E-state index contributed by atoms with van der Waals surface area (Å²) in [6.45, 7) is 9.03. The third-order valence-electron chi connectivity index (χ3n) is 5.13. The fraction of sp³-hybridized carbons (Fsp3) is 0.632. The Hall–Kier alpha value is -1.01. The third-order valence-corrected chi connectivity index (χ3v) is 5.38. The Balaban J connectivity index is 0.00000338. The molecular formula is C19H31Cl2N3O2. The first-order valence-electron chi connectivity index (χ1n) is 8.83. The molecule has 2 rings (SSSR count). The van der Waals surface area contributed by atoms with Gasteiger partial charge in [0, 0.05) is 31.2 Å². The van der Waals surface area contributed by atoms with Gasteiger partial charge in [-0.3, -0.25) is 9.69 Å². The Kier molecular flexibility index (Phi) is 8.67. The van der Waals surface area contributed by atoms with Crippen LogP contribution in [-0.2, 0) is 4.79 Å². The molecule has 2 unspecified atom stereocenters. The second-order valence-electron chi connectivity index (χ2n) is 7.59. The van der Waals surface area contributed by atoms with Crippen LogP contribution in [0.4, 0.5) is 0 Å². The van der Waals surface area contributed by atoms with Crippen molar-refractivity contribution in [1.29, 1.82) is 0 Å². The Morgan fingerprint density at radius 2 is 2.04 bits per heavy atom. The van der Waals surface area contributed by atoms with Gasteiger partial charge in [0.25, 0.3) is 0 Å². The van der Waals surface area contributed by atoms with Crippen molar-refractivity contribution >= 4 is 29.9 Å².